The van der Waals surface area contributed by atoms with Crippen molar-refractivity contribution in [3.05, 3.63) is 0 Å². The summed E-state index contributed by atoms with van der Waals surface area (Å²) >= 11 is 0. The van der Waals surface area contributed by atoms with Gasteiger partial charge in [0.2, 0.25) is 0 Å². The molecule has 1 saturated carbocycles. The molecule has 1 aliphatic heterocycles. The van der Waals surface area contributed by atoms with Crippen molar-refractivity contribution >= 4 is 5.78 Å². The molecule has 13 heavy (non-hydrogen) atoms. The molecular weight excluding hydrogens is 162 g/mol. The van der Waals surface area contributed by atoms with Crippen LogP contribution in [-0.2, 0) is 4.79 Å². The minimum absolute atomic E-state index is 0.376. The lowest BCUT2D eigenvalue weighted by molar-refractivity contribution is -0.122. The predicted molar refractivity (Wildman–Crippen MR) is 52.5 cm³/mol. The Morgan fingerprint density at radius 3 is 2.92 bits per heavy atom. The standard InChI is InChI=1S/C11H19NO/c1-8(13)9-4-5-11-10(7-9)3-2-6-12-11/h9-12H,2-7H2,1H3. The molecule has 1 N–H and O–H groups in total. The van der Waals surface area contributed by atoms with Crippen LogP contribution in [0.25, 0.3) is 0 Å². The molecule has 2 aliphatic rings. The third-order valence-electron chi connectivity index (χ3n) is 3.72. The van der Waals surface area contributed by atoms with E-state index in [4.69, 9.17) is 0 Å². The average molecular weight is 181 g/mol. The fourth-order valence-corrected chi connectivity index (χ4v) is 2.87. The molecule has 0 radical (unpaired) electrons. The van der Waals surface area contributed by atoms with Crippen LogP contribution in [0.5, 0.6) is 0 Å². The molecule has 1 saturated heterocycles. The first-order valence-corrected chi connectivity index (χ1v) is 5.51. The van der Waals surface area contributed by atoms with E-state index in [1.807, 2.05) is 0 Å². The summed E-state index contributed by atoms with van der Waals surface area (Å²) in [4.78, 5) is 11.3. The zero-order valence-corrected chi connectivity index (χ0v) is 8.38. The van der Waals surface area contributed by atoms with Crippen molar-refractivity contribution < 1.29 is 4.79 Å². The maximum absolute atomic E-state index is 11.3. The number of piperidine rings is 1. The lowest BCUT2D eigenvalue weighted by atomic mass is 9.73. The fourth-order valence-electron chi connectivity index (χ4n) is 2.87. The van der Waals surface area contributed by atoms with Crippen LogP contribution in [0.1, 0.15) is 39.0 Å². The SMILES string of the molecule is CC(=O)C1CCC2NCCCC2C1. The summed E-state index contributed by atoms with van der Waals surface area (Å²) < 4.78 is 0. The number of ketones is 1. The smallest absolute Gasteiger partial charge is 0.132 e. The van der Waals surface area contributed by atoms with Crippen LogP contribution in [-0.4, -0.2) is 18.4 Å². The number of carbonyl (C=O) groups is 1. The summed E-state index contributed by atoms with van der Waals surface area (Å²) in [7, 11) is 0. The van der Waals surface area contributed by atoms with Gasteiger partial charge in [0.25, 0.3) is 0 Å². The van der Waals surface area contributed by atoms with Crippen molar-refractivity contribution in [1.82, 2.24) is 5.32 Å². The summed E-state index contributed by atoms with van der Waals surface area (Å²) in [5.41, 5.74) is 0. The largest absolute Gasteiger partial charge is 0.314 e. The van der Waals surface area contributed by atoms with Gasteiger partial charge in [-0.05, 0) is 51.5 Å². The summed E-state index contributed by atoms with van der Waals surface area (Å²) in [6.07, 6.45) is 6.11. The monoisotopic (exact) mass is 181 g/mol. The van der Waals surface area contributed by atoms with Crippen molar-refractivity contribution in [3.63, 3.8) is 0 Å². The maximum Gasteiger partial charge on any atom is 0.132 e. The highest BCUT2D eigenvalue weighted by molar-refractivity contribution is 5.78. The van der Waals surface area contributed by atoms with Gasteiger partial charge in [0.05, 0.1) is 0 Å². The quantitative estimate of drug-likeness (QED) is 0.667. The van der Waals surface area contributed by atoms with Gasteiger partial charge in [-0.15, -0.1) is 0 Å². The molecule has 1 aliphatic carbocycles. The predicted octanol–water partition coefficient (Wildman–Crippen LogP) is 1.74. The Morgan fingerprint density at radius 1 is 1.31 bits per heavy atom. The number of hydrogen-bond acceptors (Lipinski definition) is 2. The molecule has 1 heterocycles. The Morgan fingerprint density at radius 2 is 2.15 bits per heavy atom. The third-order valence-corrected chi connectivity index (χ3v) is 3.72. The van der Waals surface area contributed by atoms with Gasteiger partial charge in [-0.3, -0.25) is 4.79 Å². The summed E-state index contributed by atoms with van der Waals surface area (Å²) in [5, 5.41) is 3.57. The van der Waals surface area contributed by atoms with E-state index in [-0.39, 0.29) is 0 Å². The molecule has 3 atom stereocenters. The second kappa shape index (κ2) is 3.79. The molecule has 0 amide bonds. The first-order chi connectivity index (χ1) is 6.27. The lowest BCUT2D eigenvalue weighted by Crippen LogP contribution is -2.45. The minimum atomic E-state index is 0.376. The second-order valence-corrected chi connectivity index (χ2v) is 4.58. The van der Waals surface area contributed by atoms with Crippen LogP contribution < -0.4 is 5.32 Å². The first-order valence-electron chi connectivity index (χ1n) is 5.51. The Labute approximate surface area is 80.1 Å². The van der Waals surface area contributed by atoms with Gasteiger partial charge in [0.15, 0.2) is 0 Å². The highest BCUT2D eigenvalue weighted by Gasteiger charge is 2.33. The van der Waals surface area contributed by atoms with Crippen molar-refractivity contribution in [2.45, 2.75) is 45.1 Å². The number of hydrogen-bond donors (Lipinski definition) is 1. The molecule has 0 spiro atoms. The molecule has 0 aromatic rings. The number of rotatable bonds is 1. The molecule has 3 unspecified atom stereocenters. The van der Waals surface area contributed by atoms with Gasteiger partial charge >= 0.3 is 0 Å². The molecule has 74 valence electrons. The molecule has 0 bridgehead atoms. The summed E-state index contributed by atoms with van der Waals surface area (Å²) in [5.74, 6) is 1.57. The maximum atomic E-state index is 11.3. The second-order valence-electron chi connectivity index (χ2n) is 4.58. The zero-order valence-electron chi connectivity index (χ0n) is 8.38. The van der Waals surface area contributed by atoms with Crippen LogP contribution in [0.4, 0.5) is 0 Å². The number of fused-ring (bicyclic) bond motifs is 1. The van der Waals surface area contributed by atoms with Crippen LogP contribution in [0.15, 0.2) is 0 Å². The normalized spacial score (nSPS) is 39.6. The van der Waals surface area contributed by atoms with E-state index in [2.05, 4.69) is 5.32 Å². The lowest BCUT2D eigenvalue weighted by Gasteiger charge is -2.39. The molecular formula is C11H19NO. The summed E-state index contributed by atoms with van der Waals surface area (Å²) in [6.45, 7) is 2.94. The Hall–Kier alpha value is -0.370. The van der Waals surface area contributed by atoms with Crippen molar-refractivity contribution in [2.75, 3.05) is 6.54 Å². The van der Waals surface area contributed by atoms with E-state index in [9.17, 15) is 4.79 Å². The van der Waals surface area contributed by atoms with Gasteiger partial charge in [0.1, 0.15) is 5.78 Å². The first kappa shape index (κ1) is 9.20. The number of nitrogens with one attached hydrogen (secondary N) is 1. The van der Waals surface area contributed by atoms with Crippen LogP contribution >= 0.6 is 0 Å². The Bertz CT molecular complexity index is 202. The van der Waals surface area contributed by atoms with Gasteiger partial charge in [-0.2, -0.15) is 0 Å². The van der Waals surface area contributed by atoms with E-state index < -0.39 is 0 Å². The highest BCUT2D eigenvalue weighted by Crippen LogP contribution is 2.34. The van der Waals surface area contributed by atoms with Gasteiger partial charge in [0, 0.05) is 12.0 Å². The van der Waals surface area contributed by atoms with Gasteiger partial charge in [-0.1, -0.05) is 0 Å². The molecule has 2 nitrogen and oxygen atoms in total. The molecule has 0 aromatic carbocycles. The number of carbonyl (C=O) groups excluding carboxylic acids is 1. The topological polar surface area (TPSA) is 29.1 Å². The molecule has 2 rings (SSSR count). The van der Waals surface area contributed by atoms with Crippen molar-refractivity contribution in [2.24, 2.45) is 11.8 Å². The van der Waals surface area contributed by atoms with E-state index in [1.165, 1.54) is 25.8 Å². The number of Topliss-reactive ketones (excluding diaryl/α,β-unsaturated/α-hetero) is 1. The van der Waals surface area contributed by atoms with Crippen LogP contribution in [0.3, 0.4) is 0 Å². The average Bonchev–Trinajstić information content (AvgIpc) is 2.17. The fraction of sp³-hybridized carbons (Fsp3) is 0.909. The van der Waals surface area contributed by atoms with Crippen molar-refractivity contribution in [1.29, 1.82) is 0 Å². The van der Waals surface area contributed by atoms with Crippen molar-refractivity contribution in [3.8, 4) is 0 Å². The Balaban J connectivity index is 1.95. The minimum Gasteiger partial charge on any atom is -0.314 e. The van der Waals surface area contributed by atoms with E-state index in [1.54, 1.807) is 6.92 Å². The summed E-state index contributed by atoms with van der Waals surface area (Å²) in [6, 6.07) is 0.726. The Kier molecular flexibility index (Phi) is 2.68. The molecule has 2 heteroatoms. The third kappa shape index (κ3) is 1.93. The molecule has 0 aromatic heterocycles. The highest BCUT2D eigenvalue weighted by atomic mass is 16.1. The van der Waals surface area contributed by atoms with E-state index in [0.717, 1.165) is 24.8 Å². The van der Waals surface area contributed by atoms with Gasteiger partial charge in [-0.25, -0.2) is 0 Å². The van der Waals surface area contributed by atoms with Gasteiger partial charge < -0.3 is 5.32 Å². The van der Waals surface area contributed by atoms with E-state index >= 15 is 0 Å². The van der Waals surface area contributed by atoms with E-state index in [0.29, 0.717) is 11.7 Å². The zero-order chi connectivity index (χ0) is 9.26. The van der Waals surface area contributed by atoms with Crippen LogP contribution in [0.2, 0.25) is 0 Å². The molecule has 2 fully saturated rings. The van der Waals surface area contributed by atoms with Crippen LogP contribution in [0, 0.1) is 11.8 Å².